The van der Waals surface area contributed by atoms with Gasteiger partial charge in [-0.1, -0.05) is 23.7 Å². The second-order valence-corrected chi connectivity index (χ2v) is 4.53. The van der Waals surface area contributed by atoms with E-state index in [0.29, 0.717) is 21.2 Å². The Kier molecular flexibility index (Phi) is 3.43. The maximum atomic E-state index is 11.9. The third kappa shape index (κ3) is 2.47. The predicted octanol–water partition coefficient (Wildman–Crippen LogP) is 3.53. The third-order valence-corrected chi connectivity index (χ3v) is 3.29. The SMILES string of the molecule is N#Cc1ccsc1NC(=O)c1ccccc1Cl. The van der Waals surface area contributed by atoms with E-state index in [4.69, 9.17) is 16.9 Å². The lowest BCUT2D eigenvalue weighted by atomic mass is 10.2. The monoisotopic (exact) mass is 262 g/mol. The van der Waals surface area contributed by atoms with Crippen LogP contribution in [0.5, 0.6) is 0 Å². The molecule has 0 atom stereocenters. The number of halogens is 1. The van der Waals surface area contributed by atoms with Gasteiger partial charge in [0.05, 0.1) is 16.1 Å². The quantitative estimate of drug-likeness (QED) is 0.900. The summed E-state index contributed by atoms with van der Waals surface area (Å²) in [6, 6.07) is 10.4. The van der Waals surface area contributed by atoms with Crippen molar-refractivity contribution >= 4 is 33.8 Å². The summed E-state index contributed by atoms with van der Waals surface area (Å²) in [6.07, 6.45) is 0. The van der Waals surface area contributed by atoms with Crippen LogP contribution in [0.4, 0.5) is 5.00 Å². The van der Waals surface area contributed by atoms with Gasteiger partial charge >= 0.3 is 0 Å². The Bertz CT molecular complexity index is 601. The first kappa shape index (κ1) is 11.6. The smallest absolute Gasteiger partial charge is 0.257 e. The number of hydrogen-bond donors (Lipinski definition) is 1. The third-order valence-electron chi connectivity index (χ3n) is 2.13. The first-order chi connectivity index (χ1) is 8.22. The summed E-state index contributed by atoms with van der Waals surface area (Å²) in [7, 11) is 0. The number of nitrogens with zero attached hydrogens (tertiary/aromatic N) is 1. The van der Waals surface area contributed by atoms with Crippen molar-refractivity contribution in [3.05, 3.63) is 51.9 Å². The highest BCUT2D eigenvalue weighted by molar-refractivity contribution is 7.14. The molecule has 1 N–H and O–H groups in total. The Balaban J connectivity index is 2.24. The topological polar surface area (TPSA) is 52.9 Å². The van der Waals surface area contributed by atoms with E-state index in [-0.39, 0.29) is 5.91 Å². The van der Waals surface area contributed by atoms with Gasteiger partial charge in [0.1, 0.15) is 11.1 Å². The first-order valence-electron chi connectivity index (χ1n) is 4.76. The molecule has 1 amide bonds. The van der Waals surface area contributed by atoms with Gasteiger partial charge in [0.25, 0.3) is 5.91 Å². The number of anilines is 1. The molecule has 0 aliphatic carbocycles. The van der Waals surface area contributed by atoms with Gasteiger partial charge in [0, 0.05) is 0 Å². The van der Waals surface area contributed by atoms with Crippen LogP contribution in [0.25, 0.3) is 0 Å². The minimum absolute atomic E-state index is 0.311. The van der Waals surface area contributed by atoms with Crippen LogP contribution in [0.2, 0.25) is 5.02 Å². The Labute approximate surface area is 107 Å². The lowest BCUT2D eigenvalue weighted by Gasteiger charge is -2.04. The van der Waals surface area contributed by atoms with Crippen molar-refractivity contribution in [1.82, 2.24) is 0 Å². The molecular formula is C12H7ClN2OS. The number of carbonyl (C=O) groups is 1. The van der Waals surface area contributed by atoms with Crippen LogP contribution in [-0.4, -0.2) is 5.91 Å². The summed E-state index contributed by atoms with van der Waals surface area (Å²) in [5, 5.41) is 14.2. The molecular weight excluding hydrogens is 256 g/mol. The van der Waals surface area contributed by atoms with Crippen LogP contribution < -0.4 is 5.32 Å². The second-order valence-electron chi connectivity index (χ2n) is 3.21. The zero-order valence-corrected chi connectivity index (χ0v) is 10.2. The normalized spacial score (nSPS) is 9.65. The van der Waals surface area contributed by atoms with Gasteiger partial charge in [-0.2, -0.15) is 5.26 Å². The molecule has 0 spiro atoms. The number of hydrogen-bond acceptors (Lipinski definition) is 3. The zero-order chi connectivity index (χ0) is 12.3. The molecule has 1 heterocycles. The van der Waals surface area contributed by atoms with E-state index in [0.717, 1.165) is 0 Å². The molecule has 84 valence electrons. The van der Waals surface area contributed by atoms with Crippen LogP contribution in [-0.2, 0) is 0 Å². The Morgan fingerprint density at radius 2 is 2.12 bits per heavy atom. The predicted molar refractivity (Wildman–Crippen MR) is 68.4 cm³/mol. The number of amides is 1. The number of benzene rings is 1. The fourth-order valence-electron chi connectivity index (χ4n) is 1.31. The molecule has 0 aliphatic heterocycles. The van der Waals surface area contributed by atoms with Crippen molar-refractivity contribution in [3.8, 4) is 6.07 Å². The molecule has 1 aromatic carbocycles. The van der Waals surface area contributed by atoms with Crippen LogP contribution in [0.3, 0.4) is 0 Å². The van der Waals surface area contributed by atoms with Crippen LogP contribution in [0, 0.1) is 11.3 Å². The van der Waals surface area contributed by atoms with E-state index in [1.807, 2.05) is 6.07 Å². The molecule has 2 aromatic rings. The highest BCUT2D eigenvalue weighted by atomic mass is 35.5. The summed E-state index contributed by atoms with van der Waals surface area (Å²) in [6.45, 7) is 0. The van der Waals surface area contributed by atoms with E-state index in [1.165, 1.54) is 11.3 Å². The van der Waals surface area contributed by atoms with Gasteiger partial charge in [-0.3, -0.25) is 4.79 Å². The van der Waals surface area contributed by atoms with Crippen molar-refractivity contribution in [2.45, 2.75) is 0 Å². The molecule has 2 rings (SSSR count). The van der Waals surface area contributed by atoms with Crippen LogP contribution in [0.15, 0.2) is 35.7 Å². The molecule has 3 nitrogen and oxygen atoms in total. The highest BCUT2D eigenvalue weighted by Gasteiger charge is 2.12. The van der Waals surface area contributed by atoms with Crippen LogP contribution >= 0.6 is 22.9 Å². The maximum absolute atomic E-state index is 11.9. The summed E-state index contributed by atoms with van der Waals surface area (Å²) in [5.74, 6) is -0.311. The van der Waals surface area contributed by atoms with Gasteiger partial charge in [0.15, 0.2) is 0 Å². The fraction of sp³-hybridized carbons (Fsp3) is 0. The molecule has 0 radical (unpaired) electrons. The second kappa shape index (κ2) is 5.00. The summed E-state index contributed by atoms with van der Waals surface area (Å²) in [5.41, 5.74) is 0.849. The zero-order valence-electron chi connectivity index (χ0n) is 8.61. The van der Waals surface area contributed by atoms with Crippen molar-refractivity contribution in [1.29, 1.82) is 5.26 Å². The van der Waals surface area contributed by atoms with E-state index in [1.54, 1.807) is 35.7 Å². The van der Waals surface area contributed by atoms with E-state index < -0.39 is 0 Å². The number of nitriles is 1. The number of thiophene rings is 1. The van der Waals surface area contributed by atoms with Gasteiger partial charge in [-0.25, -0.2) is 0 Å². The largest absolute Gasteiger partial charge is 0.312 e. The first-order valence-corrected chi connectivity index (χ1v) is 6.01. The molecule has 0 unspecified atom stereocenters. The lowest BCUT2D eigenvalue weighted by Crippen LogP contribution is -2.12. The van der Waals surface area contributed by atoms with E-state index >= 15 is 0 Å². The summed E-state index contributed by atoms with van der Waals surface area (Å²) in [4.78, 5) is 11.9. The average Bonchev–Trinajstić information content (AvgIpc) is 2.76. The molecule has 0 bridgehead atoms. The number of nitrogens with one attached hydrogen (secondary N) is 1. The van der Waals surface area contributed by atoms with Crippen molar-refractivity contribution in [3.63, 3.8) is 0 Å². The molecule has 1 aromatic heterocycles. The standard InChI is InChI=1S/C12H7ClN2OS/c13-10-4-2-1-3-9(10)11(16)15-12-8(7-14)5-6-17-12/h1-6H,(H,15,16). The lowest BCUT2D eigenvalue weighted by molar-refractivity contribution is 0.102. The minimum Gasteiger partial charge on any atom is -0.312 e. The highest BCUT2D eigenvalue weighted by Crippen LogP contribution is 2.24. The van der Waals surface area contributed by atoms with E-state index in [2.05, 4.69) is 5.32 Å². The average molecular weight is 263 g/mol. The number of rotatable bonds is 2. The molecule has 0 fully saturated rings. The van der Waals surface area contributed by atoms with E-state index in [9.17, 15) is 4.79 Å². The van der Waals surface area contributed by atoms with Crippen molar-refractivity contribution in [2.24, 2.45) is 0 Å². The van der Waals surface area contributed by atoms with Gasteiger partial charge < -0.3 is 5.32 Å². The van der Waals surface area contributed by atoms with Gasteiger partial charge in [-0.15, -0.1) is 11.3 Å². The molecule has 0 saturated heterocycles. The van der Waals surface area contributed by atoms with Crippen LogP contribution in [0.1, 0.15) is 15.9 Å². The molecule has 0 aliphatic rings. The van der Waals surface area contributed by atoms with Crippen molar-refractivity contribution < 1.29 is 4.79 Å². The summed E-state index contributed by atoms with van der Waals surface area (Å²) < 4.78 is 0. The minimum atomic E-state index is -0.311. The molecule has 5 heteroatoms. The Morgan fingerprint density at radius 1 is 1.35 bits per heavy atom. The molecule has 17 heavy (non-hydrogen) atoms. The van der Waals surface area contributed by atoms with Crippen molar-refractivity contribution in [2.75, 3.05) is 5.32 Å². The van der Waals surface area contributed by atoms with Gasteiger partial charge in [0.2, 0.25) is 0 Å². The van der Waals surface area contributed by atoms with Gasteiger partial charge in [-0.05, 0) is 23.6 Å². The molecule has 0 saturated carbocycles. The Hall–Kier alpha value is -1.83. The maximum Gasteiger partial charge on any atom is 0.257 e. The number of carbonyl (C=O) groups excluding carboxylic acids is 1. The fourth-order valence-corrected chi connectivity index (χ4v) is 2.26. The summed E-state index contributed by atoms with van der Waals surface area (Å²) >= 11 is 7.22. The Morgan fingerprint density at radius 3 is 2.82 bits per heavy atom.